The predicted molar refractivity (Wildman–Crippen MR) is 64.0 cm³/mol. The maximum atomic E-state index is 11.0. The Bertz CT molecular complexity index is 397. The van der Waals surface area contributed by atoms with Gasteiger partial charge in [0.15, 0.2) is 0 Å². The summed E-state index contributed by atoms with van der Waals surface area (Å²) in [5.41, 5.74) is 2.08. The average molecular weight is 219 g/mol. The molecule has 0 bridgehead atoms. The number of aryl methyl sites for hydroxylation is 1. The van der Waals surface area contributed by atoms with Gasteiger partial charge in [0, 0.05) is 12.2 Å². The molecule has 0 amide bonds. The number of hydrogen-bond donors (Lipinski definition) is 2. The monoisotopic (exact) mass is 219 g/mol. The van der Waals surface area contributed by atoms with Crippen molar-refractivity contribution in [1.82, 2.24) is 0 Å². The summed E-state index contributed by atoms with van der Waals surface area (Å²) in [6.07, 6.45) is 3.82. The lowest BCUT2D eigenvalue weighted by Crippen LogP contribution is -2.08. The molecule has 1 aliphatic carbocycles. The van der Waals surface area contributed by atoms with Crippen molar-refractivity contribution < 1.29 is 9.90 Å². The Labute approximate surface area is 95.5 Å². The second-order valence-electron chi connectivity index (χ2n) is 4.51. The van der Waals surface area contributed by atoms with Crippen molar-refractivity contribution in [2.75, 3.05) is 11.9 Å². The van der Waals surface area contributed by atoms with Crippen LogP contribution in [0.4, 0.5) is 5.69 Å². The molecule has 2 N–H and O–H groups in total. The number of carboxylic acids is 1. The van der Waals surface area contributed by atoms with Crippen LogP contribution in [-0.4, -0.2) is 17.6 Å². The SMILES string of the molecule is Cc1ccc(NCCC2CC2)c(C(=O)O)c1. The van der Waals surface area contributed by atoms with E-state index < -0.39 is 5.97 Å². The zero-order chi connectivity index (χ0) is 11.5. The molecule has 1 aromatic carbocycles. The molecule has 0 unspecified atom stereocenters. The molecule has 3 heteroatoms. The number of benzene rings is 1. The first-order valence-corrected chi connectivity index (χ1v) is 5.74. The van der Waals surface area contributed by atoms with E-state index in [2.05, 4.69) is 5.32 Å². The molecule has 3 nitrogen and oxygen atoms in total. The fourth-order valence-corrected chi connectivity index (χ4v) is 1.81. The summed E-state index contributed by atoms with van der Waals surface area (Å²) in [5.74, 6) is 0.00356. The molecule has 0 atom stereocenters. The number of carbonyl (C=O) groups is 1. The van der Waals surface area contributed by atoms with E-state index in [0.717, 1.165) is 30.1 Å². The van der Waals surface area contributed by atoms with Crippen molar-refractivity contribution >= 4 is 11.7 Å². The van der Waals surface area contributed by atoms with E-state index in [1.54, 1.807) is 6.07 Å². The van der Waals surface area contributed by atoms with Crippen molar-refractivity contribution in [2.45, 2.75) is 26.2 Å². The van der Waals surface area contributed by atoms with Gasteiger partial charge in [-0.25, -0.2) is 4.79 Å². The topological polar surface area (TPSA) is 49.3 Å². The summed E-state index contributed by atoms with van der Waals surface area (Å²) >= 11 is 0. The van der Waals surface area contributed by atoms with Gasteiger partial charge in [0.25, 0.3) is 0 Å². The molecule has 0 radical (unpaired) electrons. The van der Waals surface area contributed by atoms with Crippen molar-refractivity contribution in [3.05, 3.63) is 29.3 Å². The second kappa shape index (κ2) is 4.56. The fourth-order valence-electron chi connectivity index (χ4n) is 1.81. The number of aromatic carboxylic acids is 1. The summed E-state index contributed by atoms with van der Waals surface area (Å²) in [7, 11) is 0. The molecule has 0 saturated heterocycles. The Balaban J connectivity index is 2.02. The van der Waals surface area contributed by atoms with Crippen molar-refractivity contribution in [3.8, 4) is 0 Å². The third-order valence-electron chi connectivity index (χ3n) is 2.97. The quantitative estimate of drug-likeness (QED) is 0.800. The number of nitrogens with one attached hydrogen (secondary N) is 1. The first kappa shape index (κ1) is 11.0. The van der Waals surface area contributed by atoms with Crippen LogP contribution in [0.2, 0.25) is 0 Å². The molecular formula is C13H17NO2. The Morgan fingerprint density at radius 1 is 1.50 bits per heavy atom. The highest BCUT2D eigenvalue weighted by atomic mass is 16.4. The Hall–Kier alpha value is -1.51. The number of rotatable bonds is 5. The zero-order valence-electron chi connectivity index (χ0n) is 9.49. The molecule has 1 saturated carbocycles. The van der Waals surface area contributed by atoms with Gasteiger partial charge in [-0.05, 0) is 31.4 Å². The normalized spacial score (nSPS) is 14.8. The van der Waals surface area contributed by atoms with Crippen molar-refractivity contribution in [1.29, 1.82) is 0 Å². The van der Waals surface area contributed by atoms with Gasteiger partial charge < -0.3 is 10.4 Å². The Kier molecular flexibility index (Phi) is 3.13. The van der Waals surface area contributed by atoms with Crippen LogP contribution in [0.3, 0.4) is 0 Å². The molecule has 0 aliphatic heterocycles. The van der Waals surface area contributed by atoms with Gasteiger partial charge in [-0.15, -0.1) is 0 Å². The van der Waals surface area contributed by atoms with Gasteiger partial charge in [-0.1, -0.05) is 24.5 Å². The van der Waals surface area contributed by atoms with E-state index in [-0.39, 0.29) is 0 Å². The smallest absolute Gasteiger partial charge is 0.337 e. The lowest BCUT2D eigenvalue weighted by atomic mass is 10.1. The van der Waals surface area contributed by atoms with E-state index in [0.29, 0.717) is 5.56 Å². The van der Waals surface area contributed by atoms with E-state index in [4.69, 9.17) is 5.11 Å². The molecule has 1 aromatic rings. The summed E-state index contributed by atoms with van der Waals surface area (Å²) in [4.78, 5) is 11.0. The summed E-state index contributed by atoms with van der Waals surface area (Å²) in [6.45, 7) is 2.77. The lowest BCUT2D eigenvalue weighted by molar-refractivity contribution is 0.0698. The van der Waals surface area contributed by atoms with Crippen LogP contribution in [-0.2, 0) is 0 Å². The van der Waals surface area contributed by atoms with Crippen LogP contribution >= 0.6 is 0 Å². The molecule has 0 heterocycles. The van der Waals surface area contributed by atoms with Gasteiger partial charge in [0.1, 0.15) is 0 Å². The van der Waals surface area contributed by atoms with Crippen molar-refractivity contribution in [2.24, 2.45) is 5.92 Å². The first-order chi connectivity index (χ1) is 7.66. The highest BCUT2D eigenvalue weighted by molar-refractivity contribution is 5.94. The van der Waals surface area contributed by atoms with E-state index in [1.807, 2.05) is 19.1 Å². The minimum atomic E-state index is -0.863. The number of anilines is 1. The molecule has 86 valence electrons. The minimum absolute atomic E-state index is 0.371. The molecule has 2 rings (SSSR count). The third-order valence-corrected chi connectivity index (χ3v) is 2.97. The minimum Gasteiger partial charge on any atom is -0.478 e. The molecule has 1 aliphatic rings. The molecular weight excluding hydrogens is 202 g/mol. The molecule has 0 aromatic heterocycles. The summed E-state index contributed by atoms with van der Waals surface area (Å²) < 4.78 is 0. The largest absolute Gasteiger partial charge is 0.478 e. The van der Waals surface area contributed by atoms with E-state index in [9.17, 15) is 4.79 Å². The van der Waals surface area contributed by atoms with Gasteiger partial charge in [0.2, 0.25) is 0 Å². The van der Waals surface area contributed by atoms with E-state index in [1.165, 1.54) is 12.8 Å². The third kappa shape index (κ3) is 2.75. The Morgan fingerprint density at radius 3 is 2.88 bits per heavy atom. The fraction of sp³-hybridized carbons (Fsp3) is 0.462. The Morgan fingerprint density at radius 2 is 2.25 bits per heavy atom. The van der Waals surface area contributed by atoms with Gasteiger partial charge in [0.05, 0.1) is 5.56 Å². The lowest BCUT2D eigenvalue weighted by Gasteiger charge is -2.09. The van der Waals surface area contributed by atoms with Crippen LogP contribution in [0.1, 0.15) is 35.2 Å². The summed E-state index contributed by atoms with van der Waals surface area (Å²) in [5, 5.41) is 12.3. The maximum Gasteiger partial charge on any atom is 0.337 e. The standard InChI is InChI=1S/C13H17NO2/c1-9-2-5-12(11(8-9)13(15)16)14-7-6-10-3-4-10/h2,5,8,10,14H,3-4,6-7H2,1H3,(H,15,16). The van der Waals surface area contributed by atoms with Crippen LogP contribution in [0.15, 0.2) is 18.2 Å². The number of carboxylic acid groups (broad SMARTS) is 1. The van der Waals surface area contributed by atoms with Crippen LogP contribution in [0, 0.1) is 12.8 Å². The maximum absolute atomic E-state index is 11.0. The molecule has 0 spiro atoms. The highest BCUT2D eigenvalue weighted by Crippen LogP contribution is 2.32. The zero-order valence-corrected chi connectivity index (χ0v) is 9.49. The molecule has 16 heavy (non-hydrogen) atoms. The van der Waals surface area contributed by atoms with Crippen LogP contribution in [0.5, 0.6) is 0 Å². The first-order valence-electron chi connectivity index (χ1n) is 5.74. The average Bonchev–Trinajstić information content (AvgIpc) is 3.04. The van der Waals surface area contributed by atoms with E-state index >= 15 is 0 Å². The van der Waals surface area contributed by atoms with Gasteiger partial charge >= 0.3 is 5.97 Å². The van der Waals surface area contributed by atoms with Crippen LogP contribution < -0.4 is 5.32 Å². The van der Waals surface area contributed by atoms with Crippen molar-refractivity contribution in [3.63, 3.8) is 0 Å². The molecule has 1 fully saturated rings. The summed E-state index contributed by atoms with van der Waals surface area (Å²) in [6, 6.07) is 5.50. The highest BCUT2D eigenvalue weighted by Gasteiger charge is 2.20. The van der Waals surface area contributed by atoms with Gasteiger partial charge in [-0.2, -0.15) is 0 Å². The predicted octanol–water partition coefficient (Wildman–Crippen LogP) is 2.91. The van der Waals surface area contributed by atoms with Gasteiger partial charge in [-0.3, -0.25) is 0 Å². The number of hydrogen-bond acceptors (Lipinski definition) is 2. The van der Waals surface area contributed by atoms with Crippen LogP contribution in [0.25, 0.3) is 0 Å². The second-order valence-corrected chi connectivity index (χ2v) is 4.51.